The van der Waals surface area contributed by atoms with Crippen LogP contribution in [0.15, 0.2) is 36.5 Å². The van der Waals surface area contributed by atoms with E-state index in [0.717, 1.165) is 38.2 Å². The molecule has 1 aromatic heterocycles. The molecule has 2 aliphatic heterocycles. The van der Waals surface area contributed by atoms with Crippen LogP contribution in [0.4, 0.5) is 5.69 Å². The molecule has 3 heterocycles. The summed E-state index contributed by atoms with van der Waals surface area (Å²) in [5.41, 5.74) is 3.57. The maximum absolute atomic E-state index is 12.7. The normalized spacial score (nSPS) is 21.4. The molecule has 1 amide bonds. The van der Waals surface area contributed by atoms with Gasteiger partial charge in [0.25, 0.3) is 0 Å². The predicted molar refractivity (Wildman–Crippen MR) is 89.5 cm³/mol. The van der Waals surface area contributed by atoms with Gasteiger partial charge >= 0.3 is 0 Å². The van der Waals surface area contributed by atoms with Crippen LogP contribution in [0.3, 0.4) is 0 Å². The second kappa shape index (κ2) is 6.16. The number of H-pyrrole nitrogens is 1. The fraction of sp³-hybridized carbons (Fsp3) is 0.444. The smallest absolute Gasteiger partial charge is 0.241 e. The van der Waals surface area contributed by atoms with Crippen molar-refractivity contribution in [3.05, 3.63) is 47.8 Å². The molecule has 1 N–H and O–H groups in total. The number of carbonyl (C=O) groups is 1. The van der Waals surface area contributed by atoms with Gasteiger partial charge in [-0.15, -0.1) is 0 Å². The van der Waals surface area contributed by atoms with Gasteiger partial charge in [0.05, 0.1) is 6.54 Å². The predicted octanol–water partition coefficient (Wildman–Crippen LogP) is 2.18. The Bertz CT molecular complexity index is 682. The summed E-state index contributed by atoms with van der Waals surface area (Å²) in [7, 11) is 0. The fourth-order valence-corrected chi connectivity index (χ4v) is 3.82. The lowest BCUT2D eigenvalue weighted by Gasteiger charge is -2.32. The molecule has 4 rings (SSSR count). The largest absolute Gasteiger partial charge is 0.311 e. The molecule has 120 valence electrons. The van der Waals surface area contributed by atoms with Crippen molar-refractivity contribution < 1.29 is 4.79 Å². The van der Waals surface area contributed by atoms with E-state index >= 15 is 0 Å². The first-order chi connectivity index (χ1) is 11.3. The Balaban J connectivity index is 1.41. The van der Waals surface area contributed by atoms with E-state index in [4.69, 9.17) is 0 Å². The second-order valence-electron chi connectivity index (χ2n) is 6.51. The third kappa shape index (κ3) is 2.88. The number of nitrogens with one attached hydrogen (secondary N) is 1. The van der Waals surface area contributed by atoms with E-state index in [9.17, 15) is 4.79 Å². The first kappa shape index (κ1) is 14.5. The van der Waals surface area contributed by atoms with Gasteiger partial charge in [-0.05, 0) is 43.5 Å². The molecule has 2 aromatic rings. The van der Waals surface area contributed by atoms with Crippen LogP contribution >= 0.6 is 0 Å². The molecule has 0 unspecified atom stereocenters. The SMILES string of the molecule is O=C(CN1CCC[C@H](c2ccn[nH]2)C1)N1CCc2ccccc21. The summed E-state index contributed by atoms with van der Waals surface area (Å²) >= 11 is 0. The Labute approximate surface area is 136 Å². The monoisotopic (exact) mass is 310 g/mol. The van der Waals surface area contributed by atoms with Gasteiger partial charge in [-0.3, -0.25) is 14.8 Å². The summed E-state index contributed by atoms with van der Waals surface area (Å²) in [5, 5.41) is 7.13. The van der Waals surface area contributed by atoms with E-state index < -0.39 is 0 Å². The van der Waals surface area contributed by atoms with E-state index in [-0.39, 0.29) is 5.91 Å². The fourth-order valence-electron chi connectivity index (χ4n) is 3.82. The van der Waals surface area contributed by atoms with Gasteiger partial charge in [-0.1, -0.05) is 18.2 Å². The number of hydrogen-bond donors (Lipinski definition) is 1. The highest BCUT2D eigenvalue weighted by Gasteiger charge is 2.28. The summed E-state index contributed by atoms with van der Waals surface area (Å²) < 4.78 is 0. The van der Waals surface area contributed by atoms with Crippen LogP contribution in [0.2, 0.25) is 0 Å². The Morgan fingerprint density at radius 2 is 2.17 bits per heavy atom. The highest BCUT2D eigenvalue weighted by atomic mass is 16.2. The summed E-state index contributed by atoms with van der Waals surface area (Å²) in [6.45, 7) is 3.27. The van der Waals surface area contributed by atoms with E-state index in [1.807, 2.05) is 23.1 Å². The lowest BCUT2D eigenvalue weighted by molar-refractivity contribution is -0.119. The third-order valence-corrected chi connectivity index (χ3v) is 5.01. The molecule has 1 fully saturated rings. The van der Waals surface area contributed by atoms with Crippen LogP contribution in [0, 0.1) is 0 Å². The zero-order chi connectivity index (χ0) is 15.6. The van der Waals surface area contributed by atoms with Crippen LogP contribution < -0.4 is 4.90 Å². The number of aromatic amines is 1. The van der Waals surface area contributed by atoms with Gasteiger partial charge < -0.3 is 4.90 Å². The topological polar surface area (TPSA) is 52.2 Å². The molecule has 0 radical (unpaired) electrons. The third-order valence-electron chi connectivity index (χ3n) is 5.01. The molecule has 23 heavy (non-hydrogen) atoms. The van der Waals surface area contributed by atoms with Crippen molar-refractivity contribution in [3.63, 3.8) is 0 Å². The summed E-state index contributed by atoms with van der Waals surface area (Å²) in [6.07, 6.45) is 5.08. The van der Waals surface area contributed by atoms with Gasteiger partial charge in [-0.25, -0.2) is 0 Å². The van der Waals surface area contributed by atoms with Crippen molar-refractivity contribution in [1.82, 2.24) is 15.1 Å². The van der Waals surface area contributed by atoms with E-state index in [2.05, 4.69) is 27.2 Å². The minimum atomic E-state index is 0.222. The number of benzene rings is 1. The van der Waals surface area contributed by atoms with Crippen molar-refractivity contribution in [2.75, 3.05) is 31.1 Å². The summed E-state index contributed by atoms with van der Waals surface area (Å²) in [4.78, 5) is 17.0. The zero-order valence-electron chi connectivity index (χ0n) is 13.2. The lowest BCUT2D eigenvalue weighted by Crippen LogP contribution is -2.43. The maximum atomic E-state index is 12.7. The number of para-hydroxylation sites is 1. The number of amides is 1. The van der Waals surface area contributed by atoms with Crippen molar-refractivity contribution in [2.45, 2.75) is 25.2 Å². The minimum absolute atomic E-state index is 0.222. The molecular formula is C18H22N4O. The van der Waals surface area contributed by atoms with Crippen LogP contribution in [0.1, 0.15) is 30.0 Å². The van der Waals surface area contributed by atoms with Gasteiger partial charge in [0.1, 0.15) is 0 Å². The van der Waals surface area contributed by atoms with Crippen molar-refractivity contribution in [2.24, 2.45) is 0 Å². The van der Waals surface area contributed by atoms with Crippen LogP contribution in [0.25, 0.3) is 0 Å². The maximum Gasteiger partial charge on any atom is 0.241 e. The average molecular weight is 310 g/mol. The molecule has 0 spiro atoms. The molecule has 0 aliphatic carbocycles. The molecule has 1 aromatic carbocycles. The number of rotatable bonds is 3. The van der Waals surface area contributed by atoms with Crippen LogP contribution in [0.5, 0.6) is 0 Å². The zero-order valence-corrected chi connectivity index (χ0v) is 13.2. The number of piperidine rings is 1. The number of nitrogens with zero attached hydrogens (tertiary/aromatic N) is 3. The summed E-state index contributed by atoms with van der Waals surface area (Å²) in [6, 6.07) is 10.3. The van der Waals surface area contributed by atoms with Crippen molar-refractivity contribution >= 4 is 11.6 Å². The Morgan fingerprint density at radius 1 is 1.26 bits per heavy atom. The van der Waals surface area contributed by atoms with Crippen LogP contribution in [-0.2, 0) is 11.2 Å². The Hall–Kier alpha value is -2.14. The van der Waals surface area contributed by atoms with E-state index in [0.29, 0.717) is 12.5 Å². The Morgan fingerprint density at radius 3 is 3.04 bits per heavy atom. The molecule has 1 atom stereocenters. The molecule has 0 saturated carbocycles. The molecule has 5 nitrogen and oxygen atoms in total. The first-order valence-corrected chi connectivity index (χ1v) is 8.41. The quantitative estimate of drug-likeness (QED) is 0.945. The number of likely N-dealkylation sites (tertiary alicyclic amines) is 1. The van der Waals surface area contributed by atoms with Crippen LogP contribution in [-0.4, -0.2) is 47.2 Å². The summed E-state index contributed by atoms with van der Waals surface area (Å²) in [5.74, 6) is 0.685. The van der Waals surface area contributed by atoms with E-state index in [1.165, 1.54) is 17.7 Å². The number of carbonyl (C=O) groups excluding carboxylic acids is 1. The second-order valence-corrected chi connectivity index (χ2v) is 6.51. The molecular weight excluding hydrogens is 288 g/mol. The standard InChI is InChI=1S/C18H22N4O/c23-18(22-11-8-14-4-1-2-6-17(14)22)13-21-10-3-5-15(12-21)16-7-9-19-20-16/h1-2,4,6-7,9,15H,3,5,8,10-13H2,(H,19,20)/t15-/m0/s1. The molecule has 2 aliphatic rings. The molecule has 0 bridgehead atoms. The number of aromatic nitrogens is 2. The highest BCUT2D eigenvalue weighted by molar-refractivity contribution is 5.96. The average Bonchev–Trinajstić information content (AvgIpc) is 3.25. The number of hydrogen-bond acceptors (Lipinski definition) is 3. The van der Waals surface area contributed by atoms with Gasteiger partial charge in [0.15, 0.2) is 0 Å². The first-order valence-electron chi connectivity index (χ1n) is 8.41. The van der Waals surface area contributed by atoms with Crippen molar-refractivity contribution in [1.29, 1.82) is 0 Å². The van der Waals surface area contributed by atoms with Gasteiger partial charge in [-0.2, -0.15) is 5.10 Å². The lowest BCUT2D eigenvalue weighted by atomic mass is 9.95. The molecule has 5 heteroatoms. The van der Waals surface area contributed by atoms with Gasteiger partial charge in [0, 0.05) is 36.6 Å². The van der Waals surface area contributed by atoms with E-state index in [1.54, 1.807) is 6.20 Å². The van der Waals surface area contributed by atoms with Gasteiger partial charge in [0.2, 0.25) is 5.91 Å². The number of fused-ring (bicyclic) bond motifs is 1. The number of anilines is 1. The van der Waals surface area contributed by atoms with Crippen molar-refractivity contribution in [3.8, 4) is 0 Å². The Kier molecular flexibility index (Phi) is 3.87. The minimum Gasteiger partial charge on any atom is -0.311 e. The highest BCUT2D eigenvalue weighted by Crippen LogP contribution is 2.29. The molecule has 1 saturated heterocycles.